The molecule has 0 aliphatic rings. The van der Waals surface area contributed by atoms with Crippen LogP contribution >= 0.6 is 31.2 Å². The summed E-state index contributed by atoms with van der Waals surface area (Å²) in [5.74, 6) is -0.574. The number of nitrogens with zero attached hydrogens (tertiary/aromatic N) is 2. The van der Waals surface area contributed by atoms with Gasteiger partial charge in [0, 0.05) is 23.9 Å². The van der Waals surface area contributed by atoms with Crippen molar-refractivity contribution in [1.29, 1.82) is 0 Å². The number of methoxy groups -OCH3 is 1. The zero-order valence-corrected chi connectivity index (χ0v) is 17.2. The van der Waals surface area contributed by atoms with E-state index in [9.17, 15) is 19.5 Å². The number of rotatable bonds is 8. The number of hydrogen-bond acceptors (Lipinski definition) is 8. The van der Waals surface area contributed by atoms with Gasteiger partial charge in [-0.05, 0) is 12.5 Å². The number of aryl methyl sites for hydroxylation is 1. The maximum atomic E-state index is 12.4. The Kier molecular flexibility index (Phi) is 7.77. The summed E-state index contributed by atoms with van der Waals surface area (Å²) in [6.45, 7) is 1.15. The van der Waals surface area contributed by atoms with Crippen molar-refractivity contribution in [3.8, 4) is 11.6 Å². The molecule has 1 atom stereocenters. The molecule has 2 rings (SSSR count). The van der Waals surface area contributed by atoms with E-state index in [1.165, 1.54) is 24.4 Å². The summed E-state index contributed by atoms with van der Waals surface area (Å²) in [6, 6.07) is 3.88. The van der Waals surface area contributed by atoms with Crippen molar-refractivity contribution in [3.63, 3.8) is 0 Å². The van der Waals surface area contributed by atoms with Crippen LogP contribution in [-0.2, 0) is 25.0 Å². The first kappa shape index (κ1) is 22.1. The fourth-order valence-electron chi connectivity index (χ4n) is 2.14. The summed E-state index contributed by atoms with van der Waals surface area (Å²) >= 11 is 11.9. The first-order valence-corrected chi connectivity index (χ1v) is 9.88. The minimum atomic E-state index is -3.15. The molecular formula is C16H15Cl2N2O7P. The Labute approximate surface area is 170 Å². The van der Waals surface area contributed by atoms with E-state index < -0.39 is 31.2 Å². The van der Waals surface area contributed by atoms with E-state index in [-0.39, 0.29) is 22.0 Å². The molecule has 0 radical (unpaired) electrons. The zero-order valence-electron chi connectivity index (χ0n) is 14.7. The molecule has 150 valence electrons. The number of carbonyl (C=O) groups is 1. The van der Waals surface area contributed by atoms with E-state index in [1.54, 1.807) is 6.92 Å². The van der Waals surface area contributed by atoms with Crippen molar-refractivity contribution >= 4 is 48.2 Å². The molecule has 1 heterocycles. The van der Waals surface area contributed by atoms with Gasteiger partial charge in [0.15, 0.2) is 6.61 Å². The van der Waals surface area contributed by atoms with Crippen LogP contribution in [0.4, 0.5) is 5.69 Å². The molecule has 0 saturated heterocycles. The van der Waals surface area contributed by atoms with Gasteiger partial charge in [0.1, 0.15) is 16.1 Å². The number of pyridine rings is 1. The number of carbonyl (C=O) groups excluding carboxylic acids is 1. The van der Waals surface area contributed by atoms with Crippen LogP contribution in [0.3, 0.4) is 0 Å². The summed E-state index contributed by atoms with van der Waals surface area (Å²) in [5.41, 5.74) is 0.0548. The second-order valence-electron chi connectivity index (χ2n) is 5.28. The Morgan fingerprint density at radius 1 is 1.32 bits per heavy atom. The number of esters is 1. The lowest BCUT2D eigenvalue weighted by molar-refractivity contribution is -0.383. The third-order valence-electron chi connectivity index (χ3n) is 3.51. The summed E-state index contributed by atoms with van der Waals surface area (Å²) in [4.78, 5) is 25.9. The molecule has 28 heavy (non-hydrogen) atoms. The largest absolute Gasteiger partial charge is 0.467 e. The van der Waals surface area contributed by atoms with Crippen molar-refractivity contribution in [3.05, 3.63) is 50.1 Å². The molecule has 1 unspecified atom stereocenters. The smallest absolute Gasteiger partial charge is 0.332 e. The van der Waals surface area contributed by atoms with Gasteiger partial charge in [0.25, 0.3) is 5.69 Å². The highest BCUT2D eigenvalue weighted by molar-refractivity contribution is 7.48. The number of ether oxygens (including phenoxy) is 2. The number of benzene rings is 1. The van der Waals surface area contributed by atoms with Gasteiger partial charge in [-0.25, -0.2) is 9.78 Å². The average Bonchev–Trinajstić information content (AvgIpc) is 2.67. The van der Waals surface area contributed by atoms with Crippen LogP contribution in [0.25, 0.3) is 0 Å². The van der Waals surface area contributed by atoms with E-state index in [0.717, 1.165) is 7.11 Å². The average molecular weight is 449 g/mol. The molecule has 1 aromatic heterocycles. The van der Waals surface area contributed by atoms with E-state index >= 15 is 0 Å². The Balaban J connectivity index is 2.46. The second-order valence-corrected chi connectivity index (χ2v) is 7.53. The van der Waals surface area contributed by atoms with Crippen LogP contribution in [0.5, 0.6) is 11.6 Å². The maximum absolute atomic E-state index is 12.4. The third kappa shape index (κ3) is 5.42. The van der Waals surface area contributed by atoms with Gasteiger partial charge in [-0.1, -0.05) is 30.1 Å². The normalized spacial score (nSPS) is 11.7. The first-order chi connectivity index (χ1) is 13.3. The second kappa shape index (κ2) is 9.84. The topological polar surface area (TPSA) is 118 Å². The van der Waals surface area contributed by atoms with Gasteiger partial charge in [-0.3, -0.25) is 14.7 Å². The van der Waals surface area contributed by atoms with Gasteiger partial charge >= 0.3 is 5.97 Å². The predicted molar refractivity (Wildman–Crippen MR) is 103 cm³/mol. The Morgan fingerprint density at radius 2 is 2.04 bits per heavy atom. The molecule has 0 bridgehead atoms. The van der Waals surface area contributed by atoms with Crippen molar-refractivity contribution in [1.82, 2.24) is 4.98 Å². The SMILES string of the molecule is CCc1cc([N+](=O)[O-])c([PH](=O)OCC(=O)OC)cc1Oc1ncc(Cl)cc1Cl. The molecule has 0 amide bonds. The van der Waals surface area contributed by atoms with Crippen molar-refractivity contribution < 1.29 is 28.3 Å². The molecule has 0 saturated carbocycles. The van der Waals surface area contributed by atoms with Crippen LogP contribution in [0.1, 0.15) is 12.5 Å². The summed E-state index contributed by atoms with van der Waals surface area (Å²) in [7, 11) is -2.01. The quantitative estimate of drug-likeness (QED) is 0.257. The highest BCUT2D eigenvalue weighted by atomic mass is 35.5. The van der Waals surface area contributed by atoms with Crippen molar-refractivity contribution in [2.75, 3.05) is 13.7 Å². The van der Waals surface area contributed by atoms with E-state index in [0.29, 0.717) is 17.0 Å². The molecule has 0 aliphatic carbocycles. The van der Waals surface area contributed by atoms with Crippen LogP contribution in [-0.4, -0.2) is 29.6 Å². The molecular weight excluding hydrogens is 434 g/mol. The number of nitro groups is 1. The lowest BCUT2D eigenvalue weighted by atomic mass is 10.1. The fraction of sp³-hybridized carbons (Fsp3) is 0.250. The van der Waals surface area contributed by atoms with Gasteiger partial charge in [0.2, 0.25) is 13.9 Å². The monoisotopic (exact) mass is 448 g/mol. The molecule has 0 aliphatic heterocycles. The van der Waals surface area contributed by atoms with Crippen LogP contribution in [0.15, 0.2) is 24.4 Å². The van der Waals surface area contributed by atoms with Crippen LogP contribution in [0.2, 0.25) is 10.0 Å². The standard InChI is InChI=1S/C16H15Cl2N2O7P/c1-3-9-4-12(20(22)23)14(28(24)26-8-15(21)25-2)6-13(9)27-16-11(18)5-10(17)7-19-16/h4-7,28H,3,8H2,1-2H3. The van der Waals surface area contributed by atoms with E-state index in [2.05, 4.69) is 9.72 Å². The van der Waals surface area contributed by atoms with Gasteiger partial charge < -0.3 is 14.0 Å². The molecule has 12 heteroatoms. The van der Waals surface area contributed by atoms with Crippen LogP contribution in [0, 0.1) is 10.1 Å². The molecule has 0 N–H and O–H groups in total. The number of aromatic nitrogens is 1. The van der Waals surface area contributed by atoms with Gasteiger partial charge in [0.05, 0.1) is 17.1 Å². The summed E-state index contributed by atoms with van der Waals surface area (Å²) < 4.78 is 27.4. The molecule has 0 fully saturated rings. The number of halogens is 2. The first-order valence-electron chi connectivity index (χ1n) is 7.81. The van der Waals surface area contributed by atoms with E-state index in [4.69, 9.17) is 32.5 Å². The predicted octanol–water partition coefficient (Wildman–Crippen LogP) is 3.94. The summed E-state index contributed by atoms with van der Waals surface area (Å²) in [5, 5.41) is 11.6. The van der Waals surface area contributed by atoms with Crippen molar-refractivity contribution in [2.45, 2.75) is 13.3 Å². The van der Waals surface area contributed by atoms with Crippen LogP contribution < -0.4 is 10.0 Å². The van der Waals surface area contributed by atoms with Gasteiger partial charge in [-0.2, -0.15) is 0 Å². The fourth-order valence-corrected chi connectivity index (χ4v) is 3.58. The highest BCUT2D eigenvalue weighted by Gasteiger charge is 2.24. The molecule has 2 aromatic rings. The lowest BCUT2D eigenvalue weighted by Crippen LogP contribution is -2.12. The molecule has 9 nitrogen and oxygen atoms in total. The molecule has 1 aromatic carbocycles. The minimum absolute atomic E-state index is 0.0238. The van der Waals surface area contributed by atoms with E-state index in [1.807, 2.05) is 0 Å². The maximum Gasteiger partial charge on any atom is 0.332 e. The minimum Gasteiger partial charge on any atom is -0.467 e. The Hall–Kier alpha value is -2.19. The summed E-state index contributed by atoms with van der Waals surface area (Å²) in [6.07, 6.45) is 1.70. The Morgan fingerprint density at radius 3 is 2.61 bits per heavy atom. The highest BCUT2D eigenvalue weighted by Crippen LogP contribution is 2.36. The van der Waals surface area contributed by atoms with Crippen molar-refractivity contribution in [2.24, 2.45) is 0 Å². The van der Waals surface area contributed by atoms with Gasteiger partial charge in [-0.15, -0.1) is 0 Å². The number of nitro benzene ring substituents is 1. The molecule has 0 spiro atoms. The zero-order chi connectivity index (χ0) is 20.8. The lowest BCUT2D eigenvalue weighted by Gasteiger charge is -2.13. The third-order valence-corrected chi connectivity index (χ3v) is 5.23. The number of hydrogen-bond donors (Lipinski definition) is 0. The Bertz CT molecular complexity index is 939.